The maximum Gasteiger partial charge on any atom is 0.278 e. The van der Waals surface area contributed by atoms with Crippen LogP contribution in [0.5, 0.6) is 0 Å². The van der Waals surface area contributed by atoms with Crippen LogP contribution in [0.4, 0.5) is 11.6 Å². The molecule has 0 amide bonds. The van der Waals surface area contributed by atoms with Crippen molar-refractivity contribution in [3.8, 4) is 5.82 Å². The van der Waals surface area contributed by atoms with E-state index in [9.17, 15) is 4.79 Å². The molecule has 8 nitrogen and oxygen atoms in total. The minimum Gasteiger partial charge on any atom is -0.324 e. The van der Waals surface area contributed by atoms with Crippen molar-refractivity contribution in [3.05, 3.63) is 68.7 Å². The maximum atomic E-state index is 13.3. The number of halogens is 1. The predicted molar refractivity (Wildman–Crippen MR) is 140 cm³/mol. The van der Waals surface area contributed by atoms with E-state index in [1.165, 1.54) is 5.56 Å². The molecule has 0 saturated carbocycles. The van der Waals surface area contributed by atoms with Crippen molar-refractivity contribution in [2.24, 2.45) is 0 Å². The first-order valence-corrected chi connectivity index (χ1v) is 12.3. The molecule has 0 bridgehead atoms. The van der Waals surface area contributed by atoms with Crippen molar-refractivity contribution in [3.63, 3.8) is 0 Å². The summed E-state index contributed by atoms with van der Waals surface area (Å²) in [6.45, 7) is 12.0. The van der Waals surface area contributed by atoms with Gasteiger partial charge in [0.25, 0.3) is 5.56 Å². The lowest BCUT2D eigenvalue weighted by Gasteiger charge is -2.20. The number of hydrogen-bond acceptors (Lipinski definition) is 6. The molecule has 0 unspecified atom stereocenters. The molecule has 0 aliphatic carbocycles. The summed E-state index contributed by atoms with van der Waals surface area (Å²) in [5, 5.41) is 7.80. The third-order valence-corrected chi connectivity index (χ3v) is 6.59. The number of rotatable bonds is 4. The lowest BCUT2D eigenvalue weighted by molar-refractivity contribution is 0.469. The molecule has 0 spiro atoms. The highest BCUT2D eigenvalue weighted by Crippen LogP contribution is 2.29. The second-order valence-electron chi connectivity index (χ2n) is 10.3. The van der Waals surface area contributed by atoms with Crippen LogP contribution in [0, 0.1) is 0 Å². The molecule has 1 aliphatic rings. The molecule has 3 aromatic heterocycles. The molecule has 4 aromatic rings. The standard InChI is InChI=1S/C26H30ClN7O/c1-15(2)33-24(35)19-14-29-25(30-17-11-16-9-10-28-13-18(16)20(27)12-17)32-23(19)34(33)22-8-6-7-21(31-22)26(3,4)5/h6-8,11-12,14-15,28H,9-10,13H2,1-5H3,(H,29,30,32). The molecule has 35 heavy (non-hydrogen) atoms. The Hall–Kier alpha value is -3.23. The van der Waals surface area contributed by atoms with Gasteiger partial charge in [0.1, 0.15) is 5.39 Å². The van der Waals surface area contributed by atoms with Crippen molar-refractivity contribution >= 4 is 34.3 Å². The average Bonchev–Trinajstić information content (AvgIpc) is 3.10. The summed E-state index contributed by atoms with van der Waals surface area (Å²) < 4.78 is 3.48. The van der Waals surface area contributed by atoms with Crippen molar-refractivity contribution in [1.29, 1.82) is 0 Å². The number of nitrogens with zero attached hydrogens (tertiary/aromatic N) is 5. The van der Waals surface area contributed by atoms with Crippen LogP contribution in [0.15, 0.2) is 41.3 Å². The maximum absolute atomic E-state index is 13.3. The van der Waals surface area contributed by atoms with Gasteiger partial charge in [-0.1, -0.05) is 38.4 Å². The third kappa shape index (κ3) is 4.32. The number of hydrogen-bond donors (Lipinski definition) is 2. The average molecular weight is 492 g/mol. The van der Waals surface area contributed by atoms with E-state index in [0.717, 1.165) is 36.5 Å². The van der Waals surface area contributed by atoms with Crippen LogP contribution < -0.4 is 16.2 Å². The number of benzene rings is 1. The number of anilines is 2. The second kappa shape index (κ2) is 8.77. The van der Waals surface area contributed by atoms with Gasteiger partial charge in [-0.15, -0.1) is 0 Å². The first-order valence-electron chi connectivity index (χ1n) is 11.9. The van der Waals surface area contributed by atoms with E-state index in [4.69, 9.17) is 21.6 Å². The summed E-state index contributed by atoms with van der Waals surface area (Å²) in [6.07, 6.45) is 2.50. The summed E-state index contributed by atoms with van der Waals surface area (Å²) >= 11 is 6.55. The Morgan fingerprint density at radius 3 is 2.71 bits per heavy atom. The zero-order valence-corrected chi connectivity index (χ0v) is 21.4. The first kappa shape index (κ1) is 23.5. The predicted octanol–water partition coefficient (Wildman–Crippen LogP) is 4.90. The van der Waals surface area contributed by atoms with Crippen LogP contribution in [-0.2, 0) is 18.4 Å². The Morgan fingerprint density at radius 2 is 1.97 bits per heavy atom. The zero-order valence-electron chi connectivity index (χ0n) is 20.7. The smallest absolute Gasteiger partial charge is 0.278 e. The molecule has 1 aromatic carbocycles. The van der Waals surface area contributed by atoms with E-state index >= 15 is 0 Å². The van der Waals surface area contributed by atoms with E-state index in [0.29, 0.717) is 27.8 Å². The fourth-order valence-electron chi connectivity index (χ4n) is 4.46. The van der Waals surface area contributed by atoms with Crippen molar-refractivity contribution < 1.29 is 0 Å². The number of pyridine rings is 1. The van der Waals surface area contributed by atoms with Gasteiger partial charge in [0, 0.05) is 40.6 Å². The Labute approximate surface area is 209 Å². The monoisotopic (exact) mass is 491 g/mol. The topological polar surface area (TPSA) is 89.7 Å². The molecular weight excluding hydrogens is 462 g/mol. The largest absolute Gasteiger partial charge is 0.324 e. The molecule has 0 fully saturated rings. The van der Waals surface area contributed by atoms with Gasteiger partial charge in [0.05, 0.1) is 0 Å². The van der Waals surface area contributed by atoms with Gasteiger partial charge in [-0.05, 0) is 62.2 Å². The third-order valence-electron chi connectivity index (χ3n) is 6.25. The normalized spacial score (nSPS) is 13.9. The molecule has 2 N–H and O–H groups in total. The van der Waals surface area contributed by atoms with Crippen LogP contribution in [0.3, 0.4) is 0 Å². The summed E-state index contributed by atoms with van der Waals surface area (Å²) in [7, 11) is 0. The van der Waals surface area contributed by atoms with Crippen molar-refractivity contribution in [1.82, 2.24) is 29.6 Å². The van der Waals surface area contributed by atoms with E-state index in [-0.39, 0.29) is 17.0 Å². The van der Waals surface area contributed by atoms with Gasteiger partial charge in [-0.25, -0.2) is 19.3 Å². The van der Waals surface area contributed by atoms with E-state index in [1.54, 1.807) is 15.6 Å². The highest BCUT2D eigenvalue weighted by Gasteiger charge is 2.22. The summed E-state index contributed by atoms with van der Waals surface area (Å²) in [6, 6.07) is 9.76. The van der Waals surface area contributed by atoms with Crippen LogP contribution in [0.25, 0.3) is 16.9 Å². The number of nitrogens with one attached hydrogen (secondary N) is 2. The molecule has 0 radical (unpaired) electrons. The zero-order chi connectivity index (χ0) is 24.9. The molecule has 5 rings (SSSR count). The second-order valence-corrected chi connectivity index (χ2v) is 10.7. The Balaban J connectivity index is 1.64. The van der Waals surface area contributed by atoms with Gasteiger partial charge >= 0.3 is 0 Å². The molecule has 1 aliphatic heterocycles. The van der Waals surface area contributed by atoms with Gasteiger partial charge in [-0.2, -0.15) is 4.98 Å². The highest BCUT2D eigenvalue weighted by atomic mass is 35.5. The minimum absolute atomic E-state index is 0.0961. The van der Waals surface area contributed by atoms with Crippen LogP contribution in [0.1, 0.15) is 57.5 Å². The van der Waals surface area contributed by atoms with Crippen molar-refractivity contribution in [2.45, 2.75) is 59.0 Å². The van der Waals surface area contributed by atoms with E-state index in [2.05, 4.69) is 42.5 Å². The van der Waals surface area contributed by atoms with Gasteiger partial charge in [0.15, 0.2) is 11.5 Å². The Bertz CT molecular complexity index is 1480. The Kier molecular flexibility index (Phi) is 5.89. The Morgan fingerprint density at radius 1 is 1.17 bits per heavy atom. The summed E-state index contributed by atoms with van der Waals surface area (Å²) in [4.78, 5) is 27.4. The molecule has 0 saturated heterocycles. The summed E-state index contributed by atoms with van der Waals surface area (Å²) in [5.41, 5.74) is 4.33. The highest BCUT2D eigenvalue weighted by molar-refractivity contribution is 6.31. The minimum atomic E-state index is -0.145. The molecular formula is C26H30ClN7O. The molecule has 4 heterocycles. The fourth-order valence-corrected chi connectivity index (χ4v) is 4.76. The lowest BCUT2D eigenvalue weighted by atomic mass is 9.92. The fraction of sp³-hybridized carbons (Fsp3) is 0.385. The quantitative estimate of drug-likeness (QED) is 0.422. The van der Waals surface area contributed by atoms with Crippen LogP contribution in [0.2, 0.25) is 5.02 Å². The molecule has 0 atom stereocenters. The lowest BCUT2D eigenvalue weighted by Crippen LogP contribution is -2.25. The van der Waals surface area contributed by atoms with Crippen LogP contribution >= 0.6 is 11.6 Å². The van der Waals surface area contributed by atoms with Crippen molar-refractivity contribution in [2.75, 3.05) is 11.9 Å². The first-order chi connectivity index (χ1) is 16.6. The van der Waals surface area contributed by atoms with E-state index < -0.39 is 0 Å². The molecule has 182 valence electrons. The van der Waals surface area contributed by atoms with Gasteiger partial charge in [0.2, 0.25) is 5.95 Å². The van der Waals surface area contributed by atoms with Gasteiger partial charge in [-0.3, -0.25) is 4.79 Å². The van der Waals surface area contributed by atoms with Crippen LogP contribution in [-0.4, -0.2) is 30.9 Å². The van der Waals surface area contributed by atoms with Gasteiger partial charge < -0.3 is 10.6 Å². The SMILES string of the molecule is CC(C)n1c(=O)c2cnc(Nc3cc(Cl)c4c(c3)CCNC4)nc2n1-c1cccc(C(C)(C)C)n1. The number of aromatic nitrogens is 5. The van der Waals surface area contributed by atoms with E-state index in [1.807, 2.05) is 38.1 Å². The number of fused-ring (bicyclic) bond motifs is 2. The summed E-state index contributed by atoms with van der Waals surface area (Å²) in [5.74, 6) is 1.04. The molecule has 9 heteroatoms.